The van der Waals surface area contributed by atoms with Crippen molar-refractivity contribution in [3.63, 3.8) is 0 Å². The smallest absolute Gasteiger partial charge is 0.169 e. The number of hydrogen-bond acceptors (Lipinski definition) is 3. The number of benzene rings is 3. The molecule has 4 aromatic rings. The summed E-state index contributed by atoms with van der Waals surface area (Å²) < 4.78 is 27.6. The van der Waals surface area contributed by atoms with Crippen molar-refractivity contribution in [3.05, 3.63) is 89.2 Å². The summed E-state index contributed by atoms with van der Waals surface area (Å²) in [6.45, 7) is 1.12. The number of fused-ring (bicyclic) bond motifs is 2. The predicted octanol–water partition coefficient (Wildman–Crippen LogP) is 4.86. The van der Waals surface area contributed by atoms with Gasteiger partial charge in [0.25, 0.3) is 0 Å². The highest BCUT2D eigenvalue weighted by Gasteiger charge is 2.20. The molecule has 1 aliphatic rings. The summed E-state index contributed by atoms with van der Waals surface area (Å²) in [4.78, 5) is 7.52. The molecule has 0 radical (unpaired) electrons. The van der Waals surface area contributed by atoms with Crippen molar-refractivity contribution in [2.45, 2.75) is 13.1 Å². The second-order valence-corrected chi connectivity index (χ2v) is 6.75. The van der Waals surface area contributed by atoms with Crippen LogP contribution in [0.5, 0.6) is 0 Å². The zero-order chi connectivity index (χ0) is 19.1. The van der Waals surface area contributed by atoms with E-state index in [-0.39, 0.29) is 5.56 Å². The van der Waals surface area contributed by atoms with E-state index in [1.165, 1.54) is 28.5 Å². The Labute approximate surface area is 160 Å². The van der Waals surface area contributed by atoms with Gasteiger partial charge in [-0.1, -0.05) is 48.5 Å². The van der Waals surface area contributed by atoms with Crippen LogP contribution < -0.4 is 0 Å². The summed E-state index contributed by atoms with van der Waals surface area (Å²) >= 11 is 0. The highest BCUT2D eigenvalue weighted by atomic mass is 19.2. The van der Waals surface area contributed by atoms with E-state index in [0.29, 0.717) is 24.6 Å². The van der Waals surface area contributed by atoms with E-state index < -0.39 is 11.6 Å². The fraction of sp³-hybridized carbons (Fsp3) is 0.0909. The number of hydrogen-bond donors (Lipinski definition) is 1. The molecule has 3 aromatic carbocycles. The predicted molar refractivity (Wildman–Crippen MR) is 105 cm³/mol. The van der Waals surface area contributed by atoms with Crippen LogP contribution in [0.4, 0.5) is 8.78 Å². The Kier molecular flexibility index (Phi) is 3.90. The van der Waals surface area contributed by atoms with Gasteiger partial charge in [-0.05, 0) is 28.5 Å². The molecule has 28 heavy (non-hydrogen) atoms. The van der Waals surface area contributed by atoms with Crippen LogP contribution in [-0.4, -0.2) is 21.2 Å². The van der Waals surface area contributed by atoms with E-state index in [1.807, 2.05) is 23.2 Å². The summed E-state index contributed by atoms with van der Waals surface area (Å²) in [5.74, 6) is -1.49. The number of nitrogens with zero attached hydrogens (tertiary/aromatic N) is 3. The monoisotopic (exact) mass is 374 g/mol. The van der Waals surface area contributed by atoms with Gasteiger partial charge in [0.05, 0.1) is 36.3 Å². The van der Waals surface area contributed by atoms with E-state index >= 15 is 0 Å². The van der Waals surface area contributed by atoms with Crippen molar-refractivity contribution < 1.29 is 8.78 Å². The molecule has 1 aromatic heterocycles. The molecular weight excluding hydrogens is 358 g/mol. The van der Waals surface area contributed by atoms with Gasteiger partial charge in [-0.15, -0.1) is 0 Å². The third-order valence-corrected chi connectivity index (χ3v) is 4.93. The molecule has 0 unspecified atom stereocenters. The van der Waals surface area contributed by atoms with Crippen molar-refractivity contribution in [2.24, 2.45) is 5.10 Å². The number of nitrogens with one attached hydrogen (secondary N) is 1. The first-order chi connectivity index (χ1) is 13.7. The molecule has 0 saturated heterocycles. The van der Waals surface area contributed by atoms with Crippen LogP contribution in [0.2, 0.25) is 0 Å². The van der Waals surface area contributed by atoms with Gasteiger partial charge in [-0.2, -0.15) is 5.10 Å². The SMILES string of the molecule is Fc1cccc(-c2nc3c([nH]2)C=NN(Cc2cccc4ccccc24)C3)c1F. The quantitative estimate of drug-likeness (QED) is 0.557. The van der Waals surface area contributed by atoms with Gasteiger partial charge >= 0.3 is 0 Å². The Hall–Kier alpha value is -3.54. The van der Waals surface area contributed by atoms with Gasteiger partial charge in [-0.25, -0.2) is 13.8 Å². The molecule has 1 aliphatic heterocycles. The maximum atomic E-state index is 14.1. The maximum Gasteiger partial charge on any atom is 0.169 e. The molecule has 0 spiro atoms. The Balaban J connectivity index is 1.43. The number of H-pyrrole nitrogens is 1. The topological polar surface area (TPSA) is 44.3 Å². The number of hydrazone groups is 1. The van der Waals surface area contributed by atoms with Crippen LogP contribution in [0.3, 0.4) is 0 Å². The molecule has 0 amide bonds. The van der Waals surface area contributed by atoms with E-state index in [2.05, 4.69) is 39.3 Å². The molecule has 2 heterocycles. The minimum absolute atomic E-state index is 0.114. The zero-order valence-corrected chi connectivity index (χ0v) is 14.9. The summed E-state index contributed by atoms with van der Waals surface area (Å²) in [5, 5.41) is 8.78. The molecule has 138 valence electrons. The lowest BCUT2D eigenvalue weighted by molar-refractivity contribution is 0.266. The Morgan fingerprint density at radius 3 is 2.71 bits per heavy atom. The minimum Gasteiger partial charge on any atom is -0.337 e. The average molecular weight is 374 g/mol. The van der Waals surface area contributed by atoms with Gasteiger partial charge in [0.1, 0.15) is 5.82 Å². The summed E-state index contributed by atoms with van der Waals surface area (Å²) in [6, 6.07) is 18.5. The molecule has 0 bridgehead atoms. The number of rotatable bonds is 3. The Morgan fingerprint density at radius 1 is 0.964 bits per heavy atom. The standard InChI is InChI=1S/C22H16F2N4/c23-18-10-4-9-17(21(18)24)22-26-19-11-25-28(13-20(19)27-22)12-15-7-3-6-14-5-1-2-8-16(14)15/h1-11H,12-13H2,(H,26,27). The van der Waals surface area contributed by atoms with Crippen LogP contribution >= 0.6 is 0 Å². The van der Waals surface area contributed by atoms with Crippen molar-refractivity contribution in [3.8, 4) is 11.4 Å². The lowest BCUT2D eigenvalue weighted by atomic mass is 10.0. The van der Waals surface area contributed by atoms with Crippen LogP contribution in [0.25, 0.3) is 22.2 Å². The third kappa shape index (κ3) is 2.83. The lowest BCUT2D eigenvalue weighted by Crippen LogP contribution is -2.21. The molecule has 0 aliphatic carbocycles. The first kappa shape index (κ1) is 16.6. The molecule has 0 atom stereocenters. The Morgan fingerprint density at radius 2 is 1.79 bits per heavy atom. The second-order valence-electron chi connectivity index (χ2n) is 6.75. The highest BCUT2D eigenvalue weighted by Crippen LogP contribution is 2.26. The fourth-order valence-corrected chi connectivity index (χ4v) is 3.54. The van der Waals surface area contributed by atoms with E-state index in [1.54, 1.807) is 6.21 Å². The molecule has 0 saturated carbocycles. The first-order valence-electron chi connectivity index (χ1n) is 8.98. The van der Waals surface area contributed by atoms with Gasteiger partial charge < -0.3 is 4.98 Å². The first-order valence-corrected chi connectivity index (χ1v) is 8.98. The van der Waals surface area contributed by atoms with Crippen LogP contribution in [0.1, 0.15) is 17.0 Å². The van der Waals surface area contributed by atoms with Crippen molar-refractivity contribution >= 4 is 17.0 Å². The second kappa shape index (κ2) is 6.56. The molecular formula is C22H16F2N4. The third-order valence-electron chi connectivity index (χ3n) is 4.93. The summed E-state index contributed by atoms with van der Waals surface area (Å²) in [5.41, 5.74) is 2.76. The average Bonchev–Trinajstić information content (AvgIpc) is 3.13. The molecule has 1 N–H and O–H groups in total. The van der Waals surface area contributed by atoms with Crippen molar-refractivity contribution in [1.29, 1.82) is 0 Å². The normalized spacial score (nSPS) is 13.1. The molecule has 4 nitrogen and oxygen atoms in total. The molecule has 0 fully saturated rings. The fourth-order valence-electron chi connectivity index (χ4n) is 3.54. The van der Waals surface area contributed by atoms with Crippen molar-refractivity contribution in [2.75, 3.05) is 0 Å². The molecule has 5 rings (SSSR count). The van der Waals surface area contributed by atoms with E-state index in [0.717, 1.165) is 11.8 Å². The largest absolute Gasteiger partial charge is 0.337 e. The van der Waals surface area contributed by atoms with Crippen LogP contribution in [0.15, 0.2) is 65.8 Å². The number of aromatic nitrogens is 2. The van der Waals surface area contributed by atoms with Crippen LogP contribution in [0, 0.1) is 11.6 Å². The van der Waals surface area contributed by atoms with Gasteiger partial charge in [0, 0.05) is 0 Å². The molecule has 6 heteroatoms. The summed E-state index contributed by atoms with van der Waals surface area (Å²) in [6.07, 6.45) is 1.68. The van der Waals surface area contributed by atoms with E-state index in [9.17, 15) is 8.78 Å². The zero-order valence-electron chi connectivity index (χ0n) is 14.9. The lowest BCUT2D eigenvalue weighted by Gasteiger charge is -2.22. The van der Waals surface area contributed by atoms with Crippen molar-refractivity contribution in [1.82, 2.24) is 15.0 Å². The summed E-state index contributed by atoms with van der Waals surface area (Å²) in [7, 11) is 0. The highest BCUT2D eigenvalue weighted by molar-refractivity contribution is 5.85. The van der Waals surface area contributed by atoms with Gasteiger partial charge in [-0.3, -0.25) is 5.01 Å². The number of halogens is 2. The number of imidazole rings is 1. The number of aromatic amines is 1. The van der Waals surface area contributed by atoms with Crippen LogP contribution in [-0.2, 0) is 13.1 Å². The minimum atomic E-state index is -0.904. The van der Waals surface area contributed by atoms with Gasteiger partial charge in [0.15, 0.2) is 11.6 Å². The van der Waals surface area contributed by atoms with Gasteiger partial charge in [0.2, 0.25) is 0 Å². The maximum absolute atomic E-state index is 14.1. The Bertz CT molecular complexity index is 1210. The van der Waals surface area contributed by atoms with E-state index in [4.69, 9.17) is 0 Å².